The number of piperidine rings is 1. The summed E-state index contributed by atoms with van der Waals surface area (Å²) in [6.07, 6.45) is 4.19. The van der Waals surface area contributed by atoms with Crippen LogP contribution in [-0.4, -0.2) is 69.7 Å². The van der Waals surface area contributed by atoms with Crippen LogP contribution in [0.3, 0.4) is 0 Å². The molecule has 0 radical (unpaired) electrons. The molecule has 1 fully saturated rings. The van der Waals surface area contributed by atoms with E-state index in [1.807, 2.05) is 0 Å². The molecule has 1 aromatic carbocycles. The lowest BCUT2D eigenvalue weighted by molar-refractivity contribution is -0.132. The zero-order valence-electron chi connectivity index (χ0n) is 14.8. The number of rotatable bonds is 8. The molecule has 0 saturated carbocycles. The van der Waals surface area contributed by atoms with E-state index in [1.165, 1.54) is 4.31 Å². The minimum absolute atomic E-state index is 0.129. The number of amides is 1. The molecule has 1 amide bonds. The maximum absolute atomic E-state index is 12.3. The van der Waals surface area contributed by atoms with E-state index in [-0.39, 0.29) is 25.6 Å². The van der Waals surface area contributed by atoms with Gasteiger partial charge < -0.3 is 14.4 Å². The molecule has 1 aliphatic heterocycles. The Kier molecular flexibility index (Phi) is 7.07. The van der Waals surface area contributed by atoms with Crippen molar-refractivity contribution in [2.75, 3.05) is 46.2 Å². The van der Waals surface area contributed by atoms with Crippen LogP contribution in [0.1, 0.15) is 19.3 Å². The number of sulfonamides is 1. The van der Waals surface area contributed by atoms with Crippen LogP contribution in [0.2, 0.25) is 0 Å². The largest absolute Gasteiger partial charge is 0.497 e. The van der Waals surface area contributed by atoms with Gasteiger partial charge in [-0.2, -0.15) is 4.31 Å². The molecule has 2 rings (SSSR count). The number of ether oxygens (including phenoxy) is 2. The molecule has 0 bridgehead atoms. The van der Waals surface area contributed by atoms with Crippen molar-refractivity contribution < 1.29 is 22.7 Å². The Morgan fingerprint density at radius 3 is 2.28 bits per heavy atom. The van der Waals surface area contributed by atoms with Crippen LogP contribution < -0.4 is 9.47 Å². The van der Waals surface area contributed by atoms with Gasteiger partial charge in [0.15, 0.2) is 0 Å². The predicted octanol–water partition coefficient (Wildman–Crippen LogP) is 1.35. The van der Waals surface area contributed by atoms with Gasteiger partial charge in [-0.25, -0.2) is 8.42 Å². The van der Waals surface area contributed by atoms with Crippen molar-refractivity contribution in [3.63, 3.8) is 0 Å². The molecule has 0 aliphatic carbocycles. The highest BCUT2D eigenvalue weighted by Gasteiger charge is 2.24. The minimum Gasteiger partial charge on any atom is -0.497 e. The highest BCUT2D eigenvalue weighted by Crippen LogP contribution is 2.17. The van der Waals surface area contributed by atoms with Gasteiger partial charge in [0.1, 0.15) is 18.1 Å². The third-order valence-corrected chi connectivity index (χ3v) is 5.41. The summed E-state index contributed by atoms with van der Waals surface area (Å²) < 4.78 is 35.7. The Labute approximate surface area is 149 Å². The van der Waals surface area contributed by atoms with Gasteiger partial charge in [-0.05, 0) is 43.5 Å². The van der Waals surface area contributed by atoms with Gasteiger partial charge >= 0.3 is 0 Å². The Bertz CT molecular complexity index is 654. The van der Waals surface area contributed by atoms with Gasteiger partial charge in [0.25, 0.3) is 0 Å². The summed E-state index contributed by atoms with van der Waals surface area (Å²) in [5.41, 5.74) is 0. The van der Waals surface area contributed by atoms with Crippen molar-refractivity contribution in [2.24, 2.45) is 0 Å². The molecule has 0 aromatic heterocycles. The lowest BCUT2D eigenvalue weighted by Gasteiger charge is -2.29. The number of hydrogen-bond donors (Lipinski definition) is 0. The average molecular weight is 370 g/mol. The van der Waals surface area contributed by atoms with E-state index in [4.69, 9.17) is 9.47 Å². The summed E-state index contributed by atoms with van der Waals surface area (Å²) in [5.74, 6) is 1.20. The van der Waals surface area contributed by atoms with Gasteiger partial charge in [-0.15, -0.1) is 0 Å². The molecule has 1 saturated heterocycles. The number of hydrogen-bond acceptors (Lipinski definition) is 5. The summed E-state index contributed by atoms with van der Waals surface area (Å²) >= 11 is 0. The van der Waals surface area contributed by atoms with E-state index in [1.54, 1.807) is 36.3 Å². The van der Waals surface area contributed by atoms with Crippen molar-refractivity contribution in [1.29, 1.82) is 0 Å². The lowest BCUT2D eigenvalue weighted by Crippen LogP contribution is -2.45. The zero-order chi connectivity index (χ0) is 18.3. The van der Waals surface area contributed by atoms with Crippen LogP contribution in [0, 0.1) is 0 Å². The molecule has 1 aromatic rings. The van der Waals surface area contributed by atoms with Crippen LogP contribution in [0.4, 0.5) is 0 Å². The number of nitrogens with zero attached hydrogens (tertiary/aromatic N) is 2. The number of carbonyl (C=O) groups is 1. The monoisotopic (exact) mass is 370 g/mol. The van der Waals surface area contributed by atoms with Crippen molar-refractivity contribution in [2.45, 2.75) is 19.3 Å². The molecular weight excluding hydrogens is 344 g/mol. The molecule has 0 unspecified atom stereocenters. The molecule has 0 N–H and O–H groups in total. The van der Waals surface area contributed by atoms with Gasteiger partial charge in [-0.1, -0.05) is 0 Å². The number of benzene rings is 1. The van der Waals surface area contributed by atoms with Gasteiger partial charge in [0.05, 0.1) is 19.9 Å². The van der Waals surface area contributed by atoms with Crippen LogP contribution in [0.5, 0.6) is 11.5 Å². The Balaban J connectivity index is 1.87. The predicted molar refractivity (Wildman–Crippen MR) is 95.3 cm³/mol. The Hall–Kier alpha value is -1.80. The standard InChI is InChI=1S/C17H26N2O5S/c1-23-15-6-8-16(9-7-15)24-13-12-19(25(2,21)22)14-17(20)18-10-4-3-5-11-18/h6-9H,3-5,10-14H2,1-2H3. The van der Waals surface area contributed by atoms with E-state index in [2.05, 4.69) is 0 Å². The molecule has 1 heterocycles. The van der Waals surface area contributed by atoms with E-state index in [0.29, 0.717) is 18.8 Å². The molecule has 1 aliphatic rings. The fourth-order valence-electron chi connectivity index (χ4n) is 2.69. The molecule has 7 nitrogen and oxygen atoms in total. The zero-order valence-corrected chi connectivity index (χ0v) is 15.6. The van der Waals surface area contributed by atoms with Crippen molar-refractivity contribution in [3.8, 4) is 11.5 Å². The number of methoxy groups -OCH3 is 1. The van der Waals surface area contributed by atoms with Crippen molar-refractivity contribution in [3.05, 3.63) is 24.3 Å². The van der Waals surface area contributed by atoms with Crippen molar-refractivity contribution in [1.82, 2.24) is 9.21 Å². The van der Waals surface area contributed by atoms with E-state index in [9.17, 15) is 13.2 Å². The normalized spacial score (nSPS) is 15.2. The summed E-state index contributed by atoms with van der Waals surface area (Å²) in [7, 11) is -1.90. The van der Waals surface area contributed by atoms with Crippen molar-refractivity contribution >= 4 is 15.9 Å². The fourth-order valence-corrected chi connectivity index (χ4v) is 3.44. The van der Waals surface area contributed by atoms with Crippen LogP contribution in [0.15, 0.2) is 24.3 Å². The van der Waals surface area contributed by atoms with Gasteiger partial charge in [-0.3, -0.25) is 4.79 Å². The molecule has 0 atom stereocenters. The maximum Gasteiger partial charge on any atom is 0.237 e. The van der Waals surface area contributed by atoms with E-state index < -0.39 is 10.0 Å². The fraction of sp³-hybridized carbons (Fsp3) is 0.588. The van der Waals surface area contributed by atoms with Gasteiger partial charge in [0, 0.05) is 19.6 Å². The first-order chi connectivity index (χ1) is 11.9. The third-order valence-electron chi connectivity index (χ3n) is 4.16. The molecule has 8 heteroatoms. The first-order valence-electron chi connectivity index (χ1n) is 8.40. The van der Waals surface area contributed by atoms with E-state index >= 15 is 0 Å². The topological polar surface area (TPSA) is 76.2 Å². The van der Waals surface area contributed by atoms with Crippen LogP contribution in [-0.2, 0) is 14.8 Å². The Morgan fingerprint density at radius 2 is 1.72 bits per heavy atom. The molecular formula is C17H26N2O5S. The maximum atomic E-state index is 12.3. The summed E-state index contributed by atoms with van der Waals surface area (Å²) in [4.78, 5) is 14.1. The Morgan fingerprint density at radius 1 is 1.12 bits per heavy atom. The SMILES string of the molecule is COc1ccc(OCCN(CC(=O)N2CCCCC2)S(C)(=O)=O)cc1. The van der Waals surface area contributed by atoms with Crippen LogP contribution in [0.25, 0.3) is 0 Å². The number of carbonyl (C=O) groups excluding carboxylic acids is 1. The second-order valence-corrected chi connectivity index (χ2v) is 8.04. The first-order valence-corrected chi connectivity index (χ1v) is 10.2. The lowest BCUT2D eigenvalue weighted by atomic mass is 10.1. The highest BCUT2D eigenvalue weighted by atomic mass is 32.2. The summed E-state index contributed by atoms with van der Waals surface area (Å²) in [6, 6.07) is 7.04. The summed E-state index contributed by atoms with van der Waals surface area (Å²) in [6.45, 7) is 1.58. The molecule has 140 valence electrons. The van der Waals surface area contributed by atoms with Crippen LogP contribution >= 0.6 is 0 Å². The van der Waals surface area contributed by atoms with E-state index in [0.717, 1.165) is 31.3 Å². The average Bonchev–Trinajstić information content (AvgIpc) is 2.61. The quantitative estimate of drug-likeness (QED) is 0.690. The minimum atomic E-state index is -3.48. The first kappa shape index (κ1) is 19.5. The number of likely N-dealkylation sites (tertiary alicyclic amines) is 1. The summed E-state index contributed by atoms with van der Waals surface area (Å²) in [5, 5.41) is 0. The van der Waals surface area contributed by atoms with Gasteiger partial charge in [0.2, 0.25) is 15.9 Å². The second-order valence-electron chi connectivity index (χ2n) is 6.06. The molecule has 0 spiro atoms. The highest BCUT2D eigenvalue weighted by molar-refractivity contribution is 7.88. The third kappa shape index (κ3) is 6.21. The molecule has 25 heavy (non-hydrogen) atoms. The second kappa shape index (κ2) is 9.05. The smallest absolute Gasteiger partial charge is 0.237 e.